The van der Waals surface area contributed by atoms with Gasteiger partial charge in [0.05, 0.1) is 13.2 Å². The number of ether oxygens (including phenoxy) is 4. The number of hydrogen-bond donors (Lipinski definition) is 0. The summed E-state index contributed by atoms with van der Waals surface area (Å²) in [4.78, 5) is 47.9. The second-order valence-electron chi connectivity index (χ2n) is 17.8. The molecule has 62 heavy (non-hydrogen) atoms. The third-order valence-electron chi connectivity index (χ3n) is 10.6. The Hall–Kier alpha value is -2.16. The van der Waals surface area contributed by atoms with E-state index in [0.29, 0.717) is 38.9 Å². The minimum Gasteiger partial charge on any atom is -0.468 e. The minimum absolute atomic E-state index is 0.0127. The number of esters is 3. The Morgan fingerprint density at radius 3 is 1.52 bits per heavy atom. The minimum atomic E-state index is -0.0665. The third-order valence-corrected chi connectivity index (χ3v) is 10.6. The van der Waals surface area contributed by atoms with E-state index in [9.17, 15) is 19.2 Å². The van der Waals surface area contributed by atoms with Gasteiger partial charge in [0.1, 0.15) is 12.2 Å². The van der Waals surface area contributed by atoms with Gasteiger partial charge in [-0.3, -0.25) is 24.1 Å². The van der Waals surface area contributed by atoms with Crippen LogP contribution in [0.3, 0.4) is 0 Å². The number of hydrogen-bond acceptors (Lipinski definition) is 9. The Kier molecular flexibility index (Phi) is 55.0. The highest BCUT2D eigenvalue weighted by atomic mass is 16.5. The first kappa shape index (κ1) is 64.1. The largest absolute Gasteiger partial charge is 0.468 e. The van der Waals surface area contributed by atoms with Gasteiger partial charge in [0.2, 0.25) is 0 Å². The molecule has 1 atom stereocenters. The Morgan fingerprint density at radius 1 is 0.548 bits per heavy atom. The van der Waals surface area contributed by atoms with Crippen LogP contribution in [0.5, 0.6) is 0 Å². The molecule has 0 aromatic heterocycles. The fourth-order valence-electron chi connectivity index (χ4n) is 7.14. The Balaban J connectivity index is -0.00000100. The van der Waals surface area contributed by atoms with Crippen LogP contribution in [0.1, 0.15) is 268 Å². The van der Waals surface area contributed by atoms with Crippen LogP contribution in [-0.2, 0) is 38.1 Å². The van der Waals surface area contributed by atoms with Crippen LogP contribution >= 0.6 is 0 Å². The van der Waals surface area contributed by atoms with Crippen LogP contribution in [0.15, 0.2) is 0 Å². The molecular formula is C53H105NO8. The van der Waals surface area contributed by atoms with Gasteiger partial charge in [-0.05, 0) is 83.1 Å². The lowest BCUT2D eigenvalue weighted by Crippen LogP contribution is -2.25. The number of rotatable bonds is 39. The molecule has 370 valence electrons. The normalized spacial score (nSPS) is 13.3. The van der Waals surface area contributed by atoms with Gasteiger partial charge < -0.3 is 18.9 Å². The highest BCUT2D eigenvalue weighted by molar-refractivity contribution is 5.70. The van der Waals surface area contributed by atoms with Gasteiger partial charge in [-0.1, -0.05) is 178 Å². The monoisotopic (exact) mass is 884 g/mol. The molecule has 9 heteroatoms. The van der Waals surface area contributed by atoms with E-state index in [4.69, 9.17) is 14.2 Å². The highest BCUT2D eigenvalue weighted by Crippen LogP contribution is 2.19. The molecule has 1 rings (SSSR count). The maximum atomic E-state index is 12.3. The van der Waals surface area contributed by atoms with Gasteiger partial charge in [0, 0.05) is 32.4 Å². The Morgan fingerprint density at radius 2 is 1.00 bits per heavy atom. The zero-order valence-corrected chi connectivity index (χ0v) is 42.7. The Labute approximate surface area is 385 Å². The SMILES string of the molecule is CC.CC(C)C.CCCCCCCCC(CCCCCCCC)OC(=O)CCCCCCCOC=O.CCCCCCCOC(=O)CCCCCN1CCC(OC(=O)CCC)C1. The summed E-state index contributed by atoms with van der Waals surface area (Å²) in [7, 11) is 0. The van der Waals surface area contributed by atoms with Crippen molar-refractivity contribution in [2.75, 3.05) is 32.8 Å². The molecule has 0 N–H and O–H groups in total. The van der Waals surface area contributed by atoms with Crippen LogP contribution in [0, 0.1) is 5.92 Å². The van der Waals surface area contributed by atoms with Gasteiger partial charge in [-0.25, -0.2) is 0 Å². The van der Waals surface area contributed by atoms with E-state index in [1.54, 1.807) is 0 Å². The molecule has 0 bridgehead atoms. The lowest BCUT2D eigenvalue weighted by molar-refractivity contribution is -0.150. The van der Waals surface area contributed by atoms with Crippen molar-refractivity contribution in [2.24, 2.45) is 5.92 Å². The van der Waals surface area contributed by atoms with Crippen LogP contribution in [-0.4, -0.2) is 74.3 Å². The van der Waals surface area contributed by atoms with Crippen molar-refractivity contribution >= 4 is 24.4 Å². The molecule has 0 aliphatic carbocycles. The summed E-state index contributed by atoms with van der Waals surface area (Å²) in [6, 6.07) is 0. The van der Waals surface area contributed by atoms with E-state index in [2.05, 4.69) is 51.2 Å². The highest BCUT2D eigenvalue weighted by Gasteiger charge is 2.24. The molecule has 0 amide bonds. The van der Waals surface area contributed by atoms with Crippen molar-refractivity contribution in [3.8, 4) is 0 Å². The van der Waals surface area contributed by atoms with Crippen molar-refractivity contribution < 1.29 is 38.1 Å². The lowest BCUT2D eigenvalue weighted by Gasteiger charge is -2.18. The zero-order valence-electron chi connectivity index (χ0n) is 42.7. The van der Waals surface area contributed by atoms with Crippen LogP contribution in [0.4, 0.5) is 0 Å². The van der Waals surface area contributed by atoms with Crippen LogP contribution < -0.4 is 0 Å². The van der Waals surface area contributed by atoms with Crippen molar-refractivity contribution in [2.45, 2.75) is 280 Å². The average Bonchev–Trinajstić information content (AvgIpc) is 3.69. The maximum absolute atomic E-state index is 12.3. The molecule has 0 saturated carbocycles. The van der Waals surface area contributed by atoms with Crippen LogP contribution in [0.2, 0.25) is 0 Å². The predicted molar refractivity (Wildman–Crippen MR) is 261 cm³/mol. The number of carbonyl (C=O) groups is 4. The first-order valence-electron chi connectivity index (χ1n) is 26.4. The Bertz CT molecular complexity index is 926. The lowest BCUT2D eigenvalue weighted by atomic mass is 10.0. The smallest absolute Gasteiger partial charge is 0.306 e. The number of nitrogens with zero attached hydrogens (tertiary/aromatic N) is 1. The molecule has 1 aliphatic rings. The summed E-state index contributed by atoms with van der Waals surface area (Å²) in [5.41, 5.74) is 0. The summed E-state index contributed by atoms with van der Waals surface area (Å²) < 4.78 is 21.3. The maximum Gasteiger partial charge on any atom is 0.306 e. The number of likely N-dealkylation sites (tertiary alicyclic amines) is 1. The molecule has 1 heterocycles. The summed E-state index contributed by atoms with van der Waals surface area (Å²) >= 11 is 0. The molecule has 1 fully saturated rings. The van der Waals surface area contributed by atoms with Gasteiger partial charge in [0.15, 0.2) is 0 Å². The van der Waals surface area contributed by atoms with Crippen molar-refractivity contribution in [1.29, 1.82) is 0 Å². The van der Waals surface area contributed by atoms with E-state index in [0.717, 1.165) is 115 Å². The summed E-state index contributed by atoms with van der Waals surface area (Å²) in [5.74, 6) is 0.703. The standard InChI is InChI=1S/C26H50O4.C21H39NO4.C4H10.C2H6/c1-3-5-7-9-12-16-20-25(21-17-13-10-8-6-4-2)30-26(28)22-18-14-11-15-19-23-29-24-27;1-3-5-6-7-11-17-25-20(23)13-9-8-10-15-22-16-14-19(18-22)26-21(24)12-4-2;1-4(2)3;1-2/h24-25H,3-23H2,1-2H3;19H,3-18H2,1-2H3;4H,1-3H3;1-2H3. The van der Waals surface area contributed by atoms with Gasteiger partial charge in [-0.15, -0.1) is 0 Å². The molecule has 0 spiro atoms. The summed E-state index contributed by atoms with van der Waals surface area (Å²) in [6.45, 7) is 23.7. The van der Waals surface area contributed by atoms with Crippen molar-refractivity contribution in [3.63, 3.8) is 0 Å². The van der Waals surface area contributed by atoms with E-state index in [1.807, 2.05) is 20.8 Å². The van der Waals surface area contributed by atoms with Crippen molar-refractivity contribution in [1.82, 2.24) is 4.90 Å². The van der Waals surface area contributed by atoms with E-state index in [-0.39, 0.29) is 30.1 Å². The number of unbranched alkanes of at least 4 members (excludes halogenated alkanes) is 20. The molecule has 1 aliphatic heterocycles. The molecule has 1 saturated heterocycles. The van der Waals surface area contributed by atoms with E-state index < -0.39 is 0 Å². The fourth-order valence-corrected chi connectivity index (χ4v) is 7.14. The van der Waals surface area contributed by atoms with Crippen LogP contribution in [0.25, 0.3) is 0 Å². The molecule has 9 nitrogen and oxygen atoms in total. The topological polar surface area (TPSA) is 108 Å². The second-order valence-corrected chi connectivity index (χ2v) is 17.8. The number of carbonyl (C=O) groups excluding carboxylic acids is 4. The second kappa shape index (κ2) is 53.2. The van der Waals surface area contributed by atoms with Crippen molar-refractivity contribution in [3.05, 3.63) is 0 Å². The summed E-state index contributed by atoms with van der Waals surface area (Å²) in [6.07, 6.45) is 34.9. The zero-order chi connectivity index (χ0) is 46.7. The van der Waals surface area contributed by atoms with E-state index in [1.165, 1.54) is 96.3 Å². The molecular weight excluding hydrogens is 779 g/mol. The fraction of sp³-hybridized carbons (Fsp3) is 0.925. The molecule has 1 unspecified atom stereocenters. The quantitative estimate of drug-likeness (QED) is 0.0258. The molecule has 0 radical (unpaired) electrons. The average molecular weight is 884 g/mol. The molecule has 0 aromatic rings. The van der Waals surface area contributed by atoms with Gasteiger partial charge in [-0.2, -0.15) is 0 Å². The third kappa shape index (κ3) is 52.2. The van der Waals surface area contributed by atoms with Gasteiger partial charge >= 0.3 is 17.9 Å². The first-order valence-corrected chi connectivity index (χ1v) is 26.4. The van der Waals surface area contributed by atoms with Gasteiger partial charge in [0.25, 0.3) is 6.47 Å². The summed E-state index contributed by atoms with van der Waals surface area (Å²) in [5, 5.41) is 0. The van der Waals surface area contributed by atoms with E-state index >= 15 is 0 Å². The first-order chi connectivity index (χ1) is 30.1. The molecule has 0 aromatic carbocycles. The predicted octanol–water partition coefficient (Wildman–Crippen LogP) is 15.1.